The quantitative estimate of drug-likeness (QED) is 0.110. The van der Waals surface area contributed by atoms with E-state index in [1.807, 2.05) is 6.07 Å². The minimum Gasteiger partial charge on any atom is -0.489 e. The Balaban J connectivity index is 1.33. The molecule has 1 aromatic heterocycles. The van der Waals surface area contributed by atoms with Crippen LogP contribution in [0.1, 0.15) is 28.9 Å². The topological polar surface area (TPSA) is 292 Å². The molecule has 1 saturated heterocycles. The number of nitrogens with zero attached hydrogens (tertiary/aromatic N) is 3. The molecule has 0 spiro atoms. The lowest BCUT2D eigenvalue weighted by Gasteiger charge is -2.37. The highest BCUT2D eigenvalue weighted by Gasteiger charge is 2.48. The van der Waals surface area contributed by atoms with Crippen LogP contribution in [0.4, 0.5) is 11.5 Å². The highest BCUT2D eigenvalue weighted by Crippen LogP contribution is 2.31. The molecule has 3 aromatic rings. The van der Waals surface area contributed by atoms with Crippen molar-refractivity contribution in [3.8, 4) is 17.0 Å². The van der Waals surface area contributed by atoms with E-state index in [4.69, 9.17) is 29.4 Å². The number of ether oxygens (including phenoxy) is 5. The predicted molar refractivity (Wildman–Crippen MR) is 195 cm³/mol. The lowest BCUT2D eigenvalue weighted by Crippen LogP contribution is -2.60. The van der Waals surface area contributed by atoms with E-state index in [1.165, 1.54) is 30.5 Å². The Hall–Kier alpha value is -4.84. The number of carboxylic acids is 1. The maximum Gasteiger partial charge on any atom is 0.335 e. The Kier molecular flexibility index (Phi) is 14.6. The van der Waals surface area contributed by atoms with Crippen molar-refractivity contribution in [1.29, 1.82) is 0 Å². The smallest absolute Gasteiger partial charge is 0.335 e. The Morgan fingerprint density at radius 1 is 1.02 bits per heavy atom. The zero-order valence-corrected chi connectivity index (χ0v) is 31.1. The number of hydrogen-bond acceptors (Lipinski definition) is 17. The summed E-state index contributed by atoms with van der Waals surface area (Å²) in [6.45, 7) is 0.661. The van der Waals surface area contributed by atoms with Crippen molar-refractivity contribution in [3.05, 3.63) is 59.9 Å². The van der Waals surface area contributed by atoms with Crippen LogP contribution in [0.2, 0.25) is 0 Å². The Morgan fingerprint density at radius 2 is 1.73 bits per heavy atom. The van der Waals surface area contributed by atoms with E-state index in [-0.39, 0.29) is 74.6 Å². The number of nitrogen functional groups attached to an aromatic ring is 1. The number of benzene rings is 2. The number of sulfonamides is 1. The number of hydrogen-bond donors (Lipinski definition) is 7. The number of anilines is 2. The molecule has 8 N–H and O–H groups in total. The molecule has 0 aliphatic carbocycles. The SMILES string of the molecule is CNCc1cccc2c1OCCOCCOCCN(CCCC(=O)OC1OC(C(=O)O)C(O)C(O)C1O)S(=O)(=O)c1ccc(cc1)-c1cnc(N)c(n1)C(=O)N2. The van der Waals surface area contributed by atoms with E-state index >= 15 is 0 Å². The van der Waals surface area contributed by atoms with Gasteiger partial charge in [-0.3, -0.25) is 9.59 Å². The number of nitrogens with two attached hydrogens (primary N) is 1. The monoisotopic (exact) mass is 804 g/mol. The molecule has 1 fully saturated rings. The molecule has 0 saturated carbocycles. The van der Waals surface area contributed by atoms with E-state index < -0.39 is 65.0 Å². The van der Waals surface area contributed by atoms with Crippen molar-refractivity contribution >= 4 is 39.4 Å². The van der Waals surface area contributed by atoms with Gasteiger partial charge in [0, 0.05) is 37.2 Å². The first-order chi connectivity index (χ1) is 26.8. The summed E-state index contributed by atoms with van der Waals surface area (Å²) in [7, 11) is -2.41. The Morgan fingerprint density at radius 3 is 2.45 bits per heavy atom. The lowest BCUT2D eigenvalue weighted by atomic mass is 9.99. The number of aromatic nitrogens is 2. The summed E-state index contributed by atoms with van der Waals surface area (Å²) in [5.74, 6) is -2.99. The number of carbonyl (C=O) groups is 3. The number of nitrogens with one attached hydrogen (secondary N) is 2. The average Bonchev–Trinajstić information content (AvgIpc) is 3.17. The second-order valence-electron chi connectivity index (χ2n) is 12.6. The number of para-hydroxylation sites is 1. The maximum absolute atomic E-state index is 13.9. The minimum absolute atomic E-state index is 0.0369. The van der Waals surface area contributed by atoms with Gasteiger partial charge in [0.05, 0.1) is 48.9 Å². The molecule has 1 amide bonds. The number of carbonyl (C=O) groups excluding carboxylic acids is 2. The van der Waals surface area contributed by atoms with E-state index in [2.05, 4.69) is 20.6 Å². The first-order valence-corrected chi connectivity index (χ1v) is 19.0. The Labute approximate surface area is 321 Å². The van der Waals surface area contributed by atoms with Gasteiger partial charge in [-0.2, -0.15) is 4.31 Å². The van der Waals surface area contributed by atoms with Crippen LogP contribution < -0.4 is 21.1 Å². The van der Waals surface area contributed by atoms with E-state index in [9.17, 15) is 43.2 Å². The fourth-order valence-electron chi connectivity index (χ4n) is 5.80. The van der Waals surface area contributed by atoms with Crippen molar-refractivity contribution in [1.82, 2.24) is 19.6 Å². The molecule has 3 aliphatic rings. The first kappa shape index (κ1) is 42.3. The van der Waals surface area contributed by atoms with Crippen molar-refractivity contribution in [2.45, 2.75) is 55.0 Å². The summed E-state index contributed by atoms with van der Waals surface area (Å²) in [5, 5.41) is 45.2. The van der Waals surface area contributed by atoms with Crippen LogP contribution >= 0.6 is 0 Å². The molecule has 56 heavy (non-hydrogen) atoms. The van der Waals surface area contributed by atoms with Crippen LogP contribution in [-0.4, -0.2) is 145 Å². The molecule has 4 bridgehead atoms. The molecule has 5 unspecified atom stereocenters. The van der Waals surface area contributed by atoms with Crippen molar-refractivity contribution in [2.75, 3.05) is 64.2 Å². The standard InChI is InChI=1S/C35H44N6O14S/c1-37-18-21-4-2-5-23-30(21)53-17-16-52-15-14-51-13-12-41(11-3-6-25(42)54-35-29(45)27(43)28(44)31(55-35)34(47)48)56(49,50)22-9-7-20(8-10-22)24-19-38-32(36)26(39-24)33(46)40-23/h2,4-5,7-10,19,27-29,31,35,37,43-45H,3,6,11-18H2,1H3,(H2,36,38)(H,40,46)(H,47,48). The molecule has 4 heterocycles. The number of amides is 1. The number of esters is 1. The third-order valence-electron chi connectivity index (χ3n) is 8.70. The van der Waals surface area contributed by atoms with Gasteiger partial charge in [0.2, 0.25) is 16.3 Å². The van der Waals surface area contributed by atoms with Gasteiger partial charge < -0.3 is 60.5 Å². The predicted octanol–water partition coefficient (Wildman–Crippen LogP) is -0.671. The molecule has 20 nitrogen and oxygen atoms in total. The molecule has 6 rings (SSSR count). The van der Waals surface area contributed by atoms with Gasteiger partial charge in [-0.1, -0.05) is 24.3 Å². The highest BCUT2D eigenvalue weighted by atomic mass is 32.2. The third-order valence-corrected chi connectivity index (χ3v) is 10.6. The average molecular weight is 805 g/mol. The molecule has 5 atom stereocenters. The number of aliphatic hydroxyl groups is 3. The Bertz CT molecular complexity index is 1950. The fraction of sp³-hybridized carbons (Fsp3) is 0.457. The largest absolute Gasteiger partial charge is 0.489 e. The van der Waals surface area contributed by atoms with Crippen LogP contribution in [0.25, 0.3) is 11.3 Å². The molecule has 0 radical (unpaired) electrons. The summed E-state index contributed by atoms with van der Waals surface area (Å²) in [6, 6.07) is 11.0. The third kappa shape index (κ3) is 10.3. The summed E-state index contributed by atoms with van der Waals surface area (Å²) in [6.07, 6.45) is -8.87. The van der Waals surface area contributed by atoms with Gasteiger partial charge in [0.15, 0.2) is 17.6 Å². The van der Waals surface area contributed by atoms with Crippen LogP contribution in [0.3, 0.4) is 0 Å². The molecular weight excluding hydrogens is 760 g/mol. The van der Waals surface area contributed by atoms with Crippen molar-refractivity contribution in [3.63, 3.8) is 0 Å². The summed E-state index contributed by atoms with van der Waals surface area (Å²) in [5.41, 5.74) is 7.72. The fourth-order valence-corrected chi connectivity index (χ4v) is 7.26. The molecular formula is C35H44N6O14S. The first-order valence-electron chi connectivity index (χ1n) is 17.5. The normalized spacial score (nSPS) is 23.7. The number of aliphatic hydroxyl groups excluding tert-OH is 3. The zero-order chi connectivity index (χ0) is 40.4. The van der Waals surface area contributed by atoms with Gasteiger partial charge in [0.1, 0.15) is 30.7 Å². The van der Waals surface area contributed by atoms with Gasteiger partial charge in [0.25, 0.3) is 5.91 Å². The van der Waals surface area contributed by atoms with Gasteiger partial charge in [-0.05, 0) is 31.7 Å². The van der Waals surface area contributed by atoms with Crippen LogP contribution in [-0.2, 0) is 45.1 Å². The van der Waals surface area contributed by atoms with Crippen LogP contribution in [0, 0.1) is 0 Å². The minimum atomic E-state index is -4.19. The number of fused-ring (bicyclic) bond motifs is 13. The molecule has 21 heteroatoms. The van der Waals surface area contributed by atoms with E-state index in [0.29, 0.717) is 23.5 Å². The summed E-state index contributed by atoms with van der Waals surface area (Å²) >= 11 is 0. The van der Waals surface area contributed by atoms with Gasteiger partial charge in [-0.15, -0.1) is 0 Å². The van der Waals surface area contributed by atoms with E-state index in [1.54, 1.807) is 19.2 Å². The number of rotatable bonds is 8. The molecule has 2 aromatic carbocycles. The number of aliphatic carboxylic acids is 1. The zero-order valence-electron chi connectivity index (χ0n) is 30.3. The number of carboxylic acid groups (broad SMARTS) is 1. The van der Waals surface area contributed by atoms with Crippen LogP contribution in [0.5, 0.6) is 5.75 Å². The molecule has 3 aliphatic heterocycles. The highest BCUT2D eigenvalue weighted by molar-refractivity contribution is 7.89. The van der Waals surface area contributed by atoms with E-state index in [0.717, 1.165) is 9.87 Å². The van der Waals surface area contributed by atoms with Gasteiger partial charge >= 0.3 is 11.9 Å². The second kappa shape index (κ2) is 19.3. The van der Waals surface area contributed by atoms with Crippen LogP contribution in [0.15, 0.2) is 53.6 Å². The second-order valence-corrected chi connectivity index (χ2v) is 14.5. The summed E-state index contributed by atoms with van der Waals surface area (Å²) in [4.78, 5) is 46.0. The maximum atomic E-state index is 13.9. The van der Waals surface area contributed by atoms with Gasteiger partial charge in [-0.25, -0.2) is 23.2 Å². The lowest BCUT2D eigenvalue weighted by molar-refractivity contribution is -0.286. The molecule has 304 valence electrons. The van der Waals surface area contributed by atoms with Crippen molar-refractivity contribution < 1.29 is 66.9 Å². The van der Waals surface area contributed by atoms with Crippen molar-refractivity contribution in [2.24, 2.45) is 0 Å². The summed E-state index contributed by atoms with van der Waals surface area (Å²) < 4.78 is 56.2.